The second-order valence-electron chi connectivity index (χ2n) is 10.7. The summed E-state index contributed by atoms with van der Waals surface area (Å²) in [6.07, 6.45) is 7.57. The summed E-state index contributed by atoms with van der Waals surface area (Å²) >= 11 is 0. The minimum Gasteiger partial charge on any atom is -0.350 e. The van der Waals surface area contributed by atoms with Crippen LogP contribution in [0.15, 0.2) is 61.1 Å². The van der Waals surface area contributed by atoms with Crippen molar-refractivity contribution >= 4 is 11.9 Å². The number of aromatic nitrogens is 5. The lowest BCUT2D eigenvalue weighted by Gasteiger charge is -2.40. The lowest BCUT2D eigenvalue weighted by atomic mass is 9.89. The van der Waals surface area contributed by atoms with Crippen LogP contribution in [-0.2, 0) is 20.8 Å². The van der Waals surface area contributed by atoms with E-state index in [0.717, 1.165) is 37.9 Å². The summed E-state index contributed by atoms with van der Waals surface area (Å²) in [5.41, 5.74) is 2.71. The molecule has 2 N–H and O–H groups in total. The van der Waals surface area contributed by atoms with Crippen molar-refractivity contribution in [2.24, 2.45) is 5.41 Å². The molecule has 2 aliphatic rings. The molecule has 1 aromatic carbocycles. The number of aromatic amines is 1. The number of pyridine rings is 1. The number of benzene rings is 1. The fourth-order valence-electron chi connectivity index (χ4n) is 5.14. The Balaban J connectivity index is 1.25. The van der Waals surface area contributed by atoms with Gasteiger partial charge in [-0.15, -0.1) is 0 Å². The molecule has 2 fully saturated rings. The van der Waals surface area contributed by atoms with E-state index in [1.54, 1.807) is 36.8 Å². The molecule has 2 saturated heterocycles. The number of halogens is 1. The monoisotopic (exact) mass is 557 g/mol. The van der Waals surface area contributed by atoms with Crippen LogP contribution >= 0.6 is 0 Å². The molecule has 0 unspecified atom stereocenters. The molecule has 0 aliphatic carbocycles. The Bertz CT molecular complexity index is 1480. The Hall–Kier alpha value is -4.22. The van der Waals surface area contributed by atoms with Gasteiger partial charge in [0, 0.05) is 43.8 Å². The van der Waals surface area contributed by atoms with E-state index in [1.807, 2.05) is 24.0 Å². The summed E-state index contributed by atoms with van der Waals surface area (Å²) < 4.78 is 25.9. The van der Waals surface area contributed by atoms with E-state index in [4.69, 9.17) is 19.4 Å². The van der Waals surface area contributed by atoms with Gasteiger partial charge in [0.1, 0.15) is 5.82 Å². The number of nitrogens with one attached hydrogen (secondary N) is 2. The lowest BCUT2D eigenvalue weighted by Crippen LogP contribution is -2.51. The van der Waals surface area contributed by atoms with Crippen molar-refractivity contribution in [1.29, 1.82) is 0 Å². The van der Waals surface area contributed by atoms with E-state index in [9.17, 15) is 9.18 Å². The third kappa shape index (κ3) is 5.96. The molecular formula is C30H32FN7O3. The largest absolute Gasteiger partial charge is 0.350 e. The summed E-state index contributed by atoms with van der Waals surface area (Å²) in [6, 6.07) is 11.7. The first-order chi connectivity index (χ1) is 20.0. The van der Waals surface area contributed by atoms with Gasteiger partial charge in [0.15, 0.2) is 5.82 Å². The summed E-state index contributed by atoms with van der Waals surface area (Å²) in [5.74, 6) is 0.599. The van der Waals surface area contributed by atoms with Gasteiger partial charge in [0.25, 0.3) is 0 Å². The van der Waals surface area contributed by atoms with Crippen molar-refractivity contribution in [3.8, 4) is 22.6 Å². The highest BCUT2D eigenvalue weighted by atomic mass is 19.1. The van der Waals surface area contributed by atoms with Gasteiger partial charge in [0.05, 0.1) is 35.7 Å². The SMILES string of the molecule is CC1(C(=O)N2CCCCC2)COC(c2nc(-c3ccc(F)cc3)c(-c3ccnc(NCc4cccnc4)n3)[nH]2)OC1. The van der Waals surface area contributed by atoms with E-state index in [0.29, 0.717) is 41.0 Å². The quantitative estimate of drug-likeness (QED) is 0.335. The second kappa shape index (κ2) is 11.7. The van der Waals surface area contributed by atoms with E-state index in [-0.39, 0.29) is 24.9 Å². The summed E-state index contributed by atoms with van der Waals surface area (Å²) in [5, 5.41) is 3.22. The van der Waals surface area contributed by atoms with E-state index in [2.05, 4.69) is 20.3 Å². The van der Waals surface area contributed by atoms with Crippen molar-refractivity contribution in [1.82, 2.24) is 29.8 Å². The predicted octanol–water partition coefficient (Wildman–Crippen LogP) is 4.74. The maximum Gasteiger partial charge on any atom is 0.233 e. The van der Waals surface area contributed by atoms with Crippen LogP contribution in [0.2, 0.25) is 0 Å². The maximum atomic E-state index is 13.7. The number of likely N-dealkylation sites (tertiary alicyclic amines) is 1. The Morgan fingerprint density at radius 1 is 1.07 bits per heavy atom. The molecule has 3 aromatic heterocycles. The van der Waals surface area contributed by atoms with Crippen molar-refractivity contribution in [2.75, 3.05) is 31.6 Å². The summed E-state index contributed by atoms with van der Waals surface area (Å²) in [7, 11) is 0. The Kier molecular flexibility index (Phi) is 7.71. The number of imidazole rings is 1. The molecule has 0 radical (unpaired) electrons. The number of anilines is 1. The lowest BCUT2D eigenvalue weighted by molar-refractivity contribution is -0.234. The van der Waals surface area contributed by atoms with Crippen LogP contribution in [0.5, 0.6) is 0 Å². The smallest absolute Gasteiger partial charge is 0.233 e. The van der Waals surface area contributed by atoms with Gasteiger partial charge in [-0.05, 0) is 68.1 Å². The number of rotatable bonds is 7. The zero-order chi connectivity index (χ0) is 28.2. The standard InChI is InChI=1S/C30H32FN7O3/c1-30(28(39)38-14-3-2-4-15-38)18-40-27(41-19-30)26-36-24(21-7-9-22(31)10-8-21)25(37-26)23-11-13-33-29(35-23)34-17-20-6-5-12-32-16-20/h5-13,16,27H,2-4,14-15,17-19H2,1H3,(H,36,37)(H,33,34,35). The van der Waals surface area contributed by atoms with Gasteiger partial charge in [-0.1, -0.05) is 6.07 Å². The number of nitrogens with zero attached hydrogens (tertiary/aromatic N) is 5. The summed E-state index contributed by atoms with van der Waals surface area (Å²) in [4.78, 5) is 36.5. The van der Waals surface area contributed by atoms with E-state index in [1.165, 1.54) is 12.1 Å². The fraction of sp³-hybridized carbons (Fsp3) is 0.367. The topological polar surface area (TPSA) is 118 Å². The zero-order valence-electron chi connectivity index (χ0n) is 22.8. The number of piperidine rings is 1. The third-order valence-electron chi connectivity index (χ3n) is 7.41. The number of hydrogen-bond acceptors (Lipinski definition) is 8. The van der Waals surface area contributed by atoms with Crippen LogP contribution in [0, 0.1) is 11.2 Å². The molecule has 0 atom stereocenters. The van der Waals surface area contributed by atoms with Gasteiger partial charge in [-0.3, -0.25) is 9.78 Å². The maximum absolute atomic E-state index is 13.7. The highest BCUT2D eigenvalue weighted by molar-refractivity contribution is 5.83. The highest BCUT2D eigenvalue weighted by Crippen LogP contribution is 2.36. The molecule has 11 heteroatoms. The van der Waals surface area contributed by atoms with Crippen molar-refractivity contribution in [2.45, 2.75) is 39.0 Å². The minimum atomic E-state index is -0.796. The van der Waals surface area contributed by atoms with Crippen LogP contribution in [0.4, 0.5) is 10.3 Å². The van der Waals surface area contributed by atoms with E-state index < -0.39 is 11.7 Å². The van der Waals surface area contributed by atoms with Gasteiger partial charge in [0.2, 0.25) is 18.1 Å². The molecule has 0 spiro atoms. The number of H-pyrrole nitrogens is 1. The van der Waals surface area contributed by atoms with E-state index >= 15 is 0 Å². The predicted molar refractivity (Wildman–Crippen MR) is 150 cm³/mol. The molecule has 41 heavy (non-hydrogen) atoms. The van der Waals surface area contributed by atoms with Crippen LogP contribution in [0.25, 0.3) is 22.6 Å². The van der Waals surface area contributed by atoms with Gasteiger partial charge < -0.3 is 24.7 Å². The molecule has 0 bridgehead atoms. The van der Waals surface area contributed by atoms with Crippen LogP contribution in [0.3, 0.4) is 0 Å². The van der Waals surface area contributed by atoms with Crippen LogP contribution in [0.1, 0.15) is 43.9 Å². The first-order valence-electron chi connectivity index (χ1n) is 13.8. The van der Waals surface area contributed by atoms with Crippen LogP contribution in [-0.4, -0.2) is 62.0 Å². The van der Waals surface area contributed by atoms with Gasteiger partial charge >= 0.3 is 0 Å². The average molecular weight is 558 g/mol. The number of ether oxygens (including phenoxy) is 2. The van der Waals surface area contributed by atoms with Crippen molar-refractivity contribution in [3.63, 3.8) is 0 Å². The number of carbonyl (C=O) groups excluding carboxylic acids is 1. The molecule has 5 heterocycles. The molecule has 212 valence electrons. The molecule has 0 saturated carbocycles. The molecule has 1 amide bonds. The minimum absolute atomic E-state index is 0.0649. The van der Waals surface area contributed by atoms with Gasteiger partial charge in [-0.25, -0.2) is 19.3 Å². The van der Waals surface area contributed by atoms with Crippen LogP contribution < -0.4 is 5.32 Å². The molecule has 4 aromatic rings. The van der Waals surface area contributed by atoms with Crippen molar-refractivity contribution < 1.29 is 18.7 Å². The molecular weight excluding hydrogens is 525 g/mol. The average Bonchev–Trinajstić information content (AvgIpc) is 3.47. The summed E-state index contributed by atoms with van der Waals surface area (Å²) in [6.45, 7) is 4.38. The van der Waals surface area contributed by atoms with Gasteiger partial charge in [-0.2, -0.15) is 0 Å². The highest BCUT2D eigenvalue weighted by Gasteiger charge is 2.43. The Morgan fingerprint density at radius 2 is 1.85 bits per heavy atom. The number of amides is 1. The molecule has 10 nitrogen and oxygen atoms in total. The molecule has 6 rings (SSSR count). The zero-order valence-corrected chi connectivity index (χ0v) is 22.8. The first-order valence-corrected chi connectivity index (χ1v) is 13.8. The second-order valence-corrected chi connectivity index (χ2v) is 10.7. The number of hydrogen-bond donors (Lipinski definition) is 2. The number of carbonyl (C=O) groups is 1. The Labute approximate surface area is 237 Å². The third-order valence-corrected chi connectivity index (χ3v) is 7.41. The Morgan fingerprint density at radius 3 is 2.59 bits per heavy atom. The first kappa shape index (κ1) is 27.0. The van der Waals surface area contributed by atoms with Crippen molar-refractivity contribution in [3.05, 3.63) is 78.3 Å². The molecule has 2 aliphatic heterocycles. The fourth-order valence-corrected chi connectivity index (χ4v) is 5.14. The normalized spacial score (nSPS) is 21.0.